The molecule has 1 aliphatic rings. The zero-order valence-electron chi connectivity index (χ0n) is 7.75. The number of carbonyl (C=O) groups is 1. The standard InChI is InChI=1S/C8H13NO2S/c1-5(10)6-8(2,3)9-7(11-6)12-4/h6H,1-4H3. The van der Waals surface area contributed by atoms with Crippen molar-refractivity contribution in [2.24, 2.45) is 4.99 Å². The van der Waals surface area contributed by atoms with Crippen molar-refractivity contribution in [2.75, 3.05) is 6.26 Å². The fraction of sp³-hybridized carbons (Fsp3) is 0.750. The maximum absolute atomic E-state index is 11.1. The molecule has 1 unspecified atom stereocenters. The highest BCUT2D eigenvalue weighted by Crippen LogP contribution is 2.28. The quantitative estimate of drug-likeness (QED) is 0.624. The first-order valence-corrected chi connectivity index (χ1v) is 5.01. The Kier molecular flexibility index (Phi) is 2.46. The van der Waals surface area contributed by atoms with Gasteiger partial charge in [0.2, 0.25) is 5.23 Å². The van der Waals surface area contributed by atoms with Crippen LogP contribution in [0.1, 0.15) is 20.8 Å². The molecule has 3 nitrogen and oxygen atoms in total. The smallest absolute Gasteiger partial charge is 0.246 e. The number of aliphatic imine (C=N–C) groups is 1. The van der Waals surface area contributed by atoms with Crippen LogP contribution in [0.15, 0.2) is 4.99 Å². The molecule has 0 N–H and O–H groups in total. The summed E-state index contributed by atoms with van der Waals surface area (Å²) in [5.74, 6) is 0.0350. The third kappa shape index (κ3) is 1.63. The summed E-state index contributed by atoms with van der Waals surface area (Å²) < 4.78 is 5.35. The Bertz CT molecular complexity index is 235. The number of carbonyl (C=O) groups excluding carboxylic acids is 1. The van der Waals surface area contributed by atoms with Gasteiger partial charge in [0, 0.05) is 0 Å². The number of hydrogen-bond donors (Lipinski definition) is 0. The number of ether oxygens (including phenoxy) is 1. The van der Waals surface area contributed by atoms with Crippen LogP contribution in [0.3, 0.4) is 0 Å². The molecule has 1 atom stereocenters. The van der Waals surface area contributed by atoms with Crippen molar-refractivity contribution in [3.8, 4) is 0 Å². The average Bonchev–Trinajstić information content (AvgIpc) is 2.25. The molecular weight excluding hydrogens is 174 g/mol. The first kappa shape index (κ1) is 9.58. The second kappa shape index (κ2) is 3.09. The lowest BCUT2D eigenvalue weighted by molar-refractivity contribution is -0.125. The molecule has 1 rings (SSSR count). The number of rotatable bonds is 1. The van der Waals surface area contributed by atoms with Gasteiger partial charge in [0.05, 0.1) is 0 Å². The topological polar surface area (TPSA) is 38.7 Å². The molecule has 0 bridgehead atoms. The first-order chi connectivity index (χ1) is 5.47. The summed E-state index contributed by atoms with van der Waals surface area (Å²) in [6.07, 6.45) is 1.48. The van der Waals surface area contributed by atoms with Crippen molar-refractivity contribution in [1.29, 1.82) is 0 Å². The monoisotopic (exact) mass is 187 g/mol. The van der Waals surface area contributed by atoms with Crippen LogP contribution < -0.4 is 0 Å². The number of hydrogen-bond acceptors (Lipinski definition) is 4. The van der Waals surface area contributed by atoms with Crippen molar-refractivity contribution < 1.29 is 9.53 Å². The third-order valence-corrected chi connectivity index (χ3v) is 2.32. The number of thioether (sulfide) groups is 1. The average molecular weight is 187 g/mol. The summed E-state index contributed by atoms with van der Waals surface area (Å²) >= 11 is 1.43. The van der Waals surface area contributed by atoms with E-state index >= 15 is 0 Å². The molecule has 4 heteroatoms. The van der Waals surface area contributed by atoms with Crippen LogP contribution >= 0.6 is 11.8 Å². The van der Waals surface area contributed by atoms with Crippen LogP contribution in [0.2, 0.25) is 0 Å². The Morgan fingerprint density at radius 2 is 2.25 bits per heavy atom. The van der Waals surface area contributed by atoms with Crippen molar-refractivity contribution in [3.63, 3.8) is 0 Å². The second-order valence-corrected chi connectivity index (χ2v) is 4.10. The van der Waals surface area contributed by atoms with Crippen LogP contribution in [0.5, 0.6) is 0 Å². The highest BCUT2D eigenvalue weighted by atomic mass is 32.2. The Morgan fingerprint density at radius 1 is 1.67 bits per heavy atom. The van der Waals surface area contributed by atoms with Crippen LogP contribution in [0, 0.1) is 0 Å². The molecule has 0 saturated carbocycles. The molecular formula is C8H13NO2S. The van der Waals surface area contributed by atoms with E-state index < -0.39 is 11.6 Å². The molecule has 68 valence electrons. The van der Waals surface area contributed by atoms with Crippen LogP contribution in [0.25, 0.3) is 0 Å². The van der Waals surface area contributed by atoms with E-state index in [1.165, 1.54) is 18.7 Å². The van der Waals surface area contributed by atoms with Gasteiger partial charge in [0.25, 0.3) is 0 Å². The zero-order valence-corrected chi connectivity index (χ0v) is 8.57. The van der Waals surface area contributed by atoms with Crippen molar-refractivity contribution >= 4 is 22.8 Å². The number of ketones is 1. The molecule has 0 aromatic carbocycles. The molecule has 0 saturated heterocycles. The van der Waals surface area contributed by atoms with Gasteiger partial charge in [-0.15, -0.1) is 0 Å². The van der Waals surface area contributed by atoms with E-state index in [0.717, 1.165) is 0 Å². The van der Waals surface area contributed by atoms with E-state index in [4.69, 9.17) is 4.74 Å². The minimum Gasteiger partial charge on any atom is -0.459 e. The molecule has 0 radical (unpaired) electrons. The van der Waals surface area contributed by atoms with Gasteiger partial charge < -0.3 is 4.74 Å². The normalized spacial score (nSPS) is 26.3. The molecule has 0 aromatic heterocycles. The van der Waals surface area contributed by atoms with Gasteiger partial charge in [-0.25, -0.2) is 4.99 Å². The van der Waals surface area contributed by atoms with E-state index in [2.05, 4.69) is 4.99 Å². The molecule has 1 heterocycles. The fourth-order valence-corrected chi connectivity index (χ4v) is 1.76. The van der Waals surface area contributed by atoms with Gasteiger partial charge in [-0.05, 0) is 27.0 Å². The predicted molar refractivity (Wildman–Crippen MR) is 50.6 cm³/mol. The largest absolute Gasteiger partial charge is 0.459 e. The van der Waals surface area contributed by atoms with E-state index in [-0.39, 0.29) is 5.78 Å². The molecule has 0 spiro atoms. The lowest BCUT2D eigenvalue weighted by atomic mass is 9.96. The van der Waals surface area contributed by atoms with Crippen LogP contribution in [-0.4, -0.2) is 28.9 Å². The van der Waals surface area contributed by atoms with Crippen LogP contribution in [-0.2, 0) is 9.53 Å². The fourth-order valence-electron chi connectivity index (χ4n) is 1.24. The number of nitrogens with zero attached hydrogens (tertiary/aromatic N) is 1. The summed E-state index contributed by atoms with van der Waals surface area (Å²) in [5.41, 5.74) is -0.399. The van der Waals surface area contributed by atoms with Crippen molar-refractivity contribution in [3.05, 3.63) is 0 Å². The van der Waals surface area contributed by atoms with Gasteiger partial charge in [-0.1, -0.05) is 11.8 Å². The van der Waals surface area contributed by atoms with Crippen molar-refractivity contribution in [2.45, 2.75) is 32.4 Å². The molecule has 12 heavy (non-hydrogen) atoms. The summed E-state index contributed by atoms with van der Waals surface area (Å²) in [7, 11) is 0. The Hall–Kier alpha value is -0.510. The minimum atomic E-state index is -0.403. The van der Waals surface area contributed by atoms with Crippen LogP contribution in [0.4, 0.5) is 0 Å². The molecule has 0 aliphatic carbocycles. The number of Topliss-reactive ketones (excluding diaryl/α,β-unsaturated/α-hetero) is 1. The lowest BCUT2D eigenvalue weighted by Gasteiger charge is -2.19. The van der Waals surface area contributed by atoms with Gasteiger partial charge in [0.1, 0.15) is 5.54 Å². The minimum absolute atomic E-state index is 0.0350. The van der Waals surface area contributed by atoms with E-state index in [1.54, 1.807) is 0 Å². The van der Waals surface area contributed by atoms with E-state index in [1.807, 2.05) is 20.1 Å². The van der Waals surface area contributed by atoms with Crippen molar-refractivity contribution in [1.82, 2.24) is 0 Å². The highest BCUT2D eigenvalue weighted by Gasteiger charge is 2.40. The summed E-state index contributed by atoms with van der Waals surface area (Å²) in [4.78, 5) is 15.4. The van der Waals surface area contributed by atoms with E-state index in [9.17, 15) is 4.79 Å². The Labute approximate surface area is 76.6 Å². The SMILES string of the molecule is CSC1=NC(C)(C)C(C(C)=O)O1. The molecule has 1 aliphatic heterocycles. The molecule has 0 aromatic rings. The van der Waals surface area contributed by atoms with E-state index in [0.29, 0.717) is 5.23 Å². The summed E-state index contributed by atoms with van der Waals surface area (Å²) in [6, 6.07) is 0. The maximum atomic E-state index is 11.1. The Balaban J connectivity index is 2.82. The summed E-state index contributed by atoms with van der Waals surface area (Å²) in [5, 5.41) is 0.611. The predicted octanol–water partition coefficient (Wildman–Crippen LogP) is 1.47. The molecule has 0 fully saturated rings. The maximum Gasteiger partial charge on any atom is 0.246 e. The van der Waals surface area contributed by atoms with Gasteiger partial charge >= 0.3 is 0 Å². The highest BCUT2D eigenvalue weighted by molar-refractivity contribution is 8.12. The lowest BCUT2D eigenvalue weighted by Crippen LogP contribution is -2.37. The third-order valence-electron chi connectivity index (χ3n) is 1.78. The van der Waals surface area contributed by atoms with Gasteiger partial charge in [0.15, 0.2) is 11.9 Å². The first-order valence-electron chi connectivity index (χ1n) is 3.78. The summed E-state index contributed by atoms with van der Waals surface area (Å²) in [6.45, 7) is 5.34. The van der Waals surface area contributed by atoms with Gasteiger partial charge in [-0.2, -0.15) is 0 Å². The zero-order chi connectivity index (χ0) is 9.35. The second-order valence-electron chi connectivity index (χ2n) is 3.34. The molecule has 0 amide bonds. The Morgan fingerprint density at radius 3 is 2.50 bits per heavy atom. The van der Waals surface area contributed by atoms with Gasteiger partial charge in [-0.3, -0.25) is 4.79 Å².